The van der Waals surface area contributed by atoms with Crippen LogP contribution in [0.1, 0.15) is 25.2 Å². The molecule has 3 aromatic rings. The third kappa shape index (κ3) is 3.43. The number of carbonyl (C=O) groups is 1. The normalized spacial score (nSPS) is 14.1. The lowest BCUT2D eigenvalue weighted by molar-refractivity contribution is -0.142. The minimum atomic E-state index is -0.265. The van der Waals surface area contributed by atoms with Crippen LogP contribution >= 0.6 is 0 Å². The molecule has 2 N–H and O–H groups in total. The highest BCUT2D eigenvalue weighted by atomic mass is 16.5. The second-order valence-electron chi connectivity index (χ2n) is 7.07. The zero-order valence-corrected chi connectivity index (χ0v) is 17.1. The SMILES string of the molecule is CCOC(=O)Cc1ccc(N2CC(O)=C(c3nc4ccccc4n3CC)C2=N)cc1. The first-order valence-corrected chi connectivity index (χ1v) is 10.0. The number of fused-ring (bicyclic) bond motifs is 1. The number of nitrogens with zero attached hydrogens (tertiary/aromatic N) is 3. The molecule has 30 heavy (non-hydrogen) atoms. The fourth-order valence-corrected chi connectivity index (χ4v) is 3.79. The van der Waals surface area contributed by atoms with Crippen LogP contribution in [0.5, 0.6) is 0 Å². The number of aryl methyl sites for hydroxylation is 1. The largest absolute Gasteiger partial charge is 0.509 e. The molecule has 154 valence electrons. The van der Waals surface area contributed by atoms with Gasteiger partial charge in [0.1, 0.15) is 17.4 Å². The van der Waals surface area contributed by atoms with Crippen LogP contribution in [0.3, 0.4) is 0 Å². The molecule has 7 heteroatoms. The van der Waals surface area contributed by atoms with E-state index >= 15 is 0 Å². The standard InChI is InChI=1S/C23H24N4O3/c1-3-26-18-8-6-5-7-17(18)25-23(26)21-19(28)14-27(22(21)24)16-11-9-15(10-12-16)13-20(29)30-4-2/h5-12,24,28H,3-4,13-14H2,1-2H3. The Kier molecular flexibility index (Phi) is 5.27. The van der Waals surface area contributed by atoms with Crippen LogP contribution in [0.25, 0.3) is 16.6 Å². The predicted molar refractivity (Wildman–Crippen MR) is 117 cm³/mol. The third-order valence-corrected chi connectivity index (χ3v) is 5.20. The molecule has 7 nitrogen and oxygen atoms in total. The van der Waals surface area contributed by atoms with Gasteiger partial charge >= 0.3 is 5.97 Å². The van der Waals surface area contributed by atoms with Gasteiger partial charge in [-0.05, 0) is 43.7 Å². The van der Waals surface area contributed by atoms with Gasteiger partial charge in [0.05, 0.1) is 36.2 Å². The number of nitrogens with one attached hydrogen (secondary N) is 1. The zero-order valence-electron chi connectivity index (χ0n) is 17.1. The van der Waals surface area contributed by atoms with Crippen molar-refractivity contribution >= 4 is 34.1 Å². The molecule has 0 unspecified atom stereocenters. The fraction of sp³-hybridized carbons (Fsp3) is 0.261. The Morgan fingerprint density at radius 2 is 1.90 bits per heavy atom. The lowest BCUT2D eigenvalue weighted by Gasteiger charge is -2.19. The molecule has 0 fully saturated rings. The third-order valence-electron chi connectivity index (χ3n) is 5.20. The number of anilines is 1. The molecule has 0 spiro atoms. The molecule has 0 bridgehead atoms. The summed E-state index contributed by atoms with van der Waals surface area (Å²) in [5.41, 5.74) is 3.87. The van der Waals surface area contributed by atoms with Gasteiger partial charge in [0, 0.05) is 12.2 Å². The van der Waals surface area contributed by atoms with Gasteiger partial charge in [-0.1, -0.05) is 24.3 Å². The van der Waals surface area contributed by atoms with Gasteiger partial charge in [-0.25, -0.2) is 4.98 Å². The van der Waals surface area contributed by atoms with Gasteiger partial charge < -0.3 is 19.3 Å². The van der Waals surface area contributed by atoms with Gasteiger partial charge in [0.15, 0.2) is 0 Å². The first-order chi connectivity index (χ1) is 14.5. The Balaban J connectivity index is 1.61. The van der Waals surface area contributed by atoms with Crippen LogP contribution in [-0.2, 0) is 22.5 Å². The minimum absolute atomic E-state index is 0.126. The monoisotopic (exact) mass is 404 g/mol. The molecule has 0 radical (unpaired) electrons. The number of carbonyl (C=O) groups excluding carboxylic acids is 1. The molecule has 1 aromatic heterocycles. The number of hydrogen-bond acceptors (Lipinski definition) is 5. The highest BCUT2D eigenvalue weighted by Crippen LogP contribution is 2.32. The molecular weight excluding hydrogens is 380 g/mol. The second kappa shape index (κ2) is 8.02. The van der Waals surface area contributed by atoms with E-state index < -0.39 is 0 Å². The van der Waals surface area contributed by atoms with Crippen molar-refractivity contribution in [3.63, 3.8) is 0 Å². The summed E-state index contributed by atoms with van der Waals surface area (Å²) in [6.07, 6.45) is 0.209. The zero-order chi connectivity index (χ0) is 21.3. The van der Waals surface area contributed by atoms with E-state index in [1.807, 2.05) is 60.0 Å². The summed E-state index contributed by atoms with van der Waals surface area (Å²) < 4.78 is 7.00. The van der Waals surface area contributed by atoms with Gasteiger partial charge in [0.25, 0.3) is 0 Å². The Morgan fingerprint density at radius 1 is 1.17 bits per heavy atom. The number of esters is 1. The predicted octanol–water partition coefficient (Wildman–Crippen LogP) is 3.93. The van der Waals surface area contributed by atoms with E-state index in [1.165, 1.54) is 0 Å². The second-order valence-corrected chi connectivity index (χ2v) is 7.07. The molecule has 2 aromatic carbocycles. The highest BCUT2D eigenvalue weighted by Gasteiger charge is 2.32. The maximum absolute atomic E-state index is 11.7. The molecule has 0 amide bonds. The van der Waals surface area contributed by atoms with Crippen molar-refractivity contribution in [2.75, 3.05) is 18.1 Å². The number of benzene rings is 2. The van der Waals surface area contributed by atoms with E-state index in [9.17, 15) is 9.90 Å². The maximum atomic E-state index is 11.7. The average Bonchev–Trinajstić information content (AvgIpc) is 3.24. The Labute approximate surface area is 174 Å². The fourth-order valence-electron chi connectivity index (χ4n) is 3.79. The van der Waals surface area contributed by atoms with Gasteiger partial charge in [-0.2, -0.15) is 0 Å². The van der Waals surface area contributed by atoms with Crippen LogP contribution in [0, 0.1) is 5.41 Å². The molecule has 0 saturated heterocycles. The number of hydrogen-bond donors (Lipinski definition) is 2. The van der Waals surface area contributed by atoms with Crippen LogP contribution in [0.15, 0.2) is 54.3 Å². The first-order valence-electron chi connectivity index (χ1n) is 10.0. The molecular formula is C23H24N4O3. The molecule has 2 heterocycles. The molecule has 0 saturated carbocycles. The van der Waals surface area contributed by atoms with E-state index in [0.717, 1.165) is 22.3 Å². The number of amidine groups is 1. The number of para-hydroxylation sites is 2. The number of ether oxygens (including phenoxy) is 1. The summed E-state index contributed by atoms with van der Waals surface area (Å²) in [7, 11) is 0. The summed E-state index contributed by atoms with van der Waals surface area (Å²) in [6.45, 7) is 5.05. The molecule has 0 aliphatic carbocycles. The number of aromatic nitrogens is 2. The van der Waals surface area contributed by atoms with Crippen LogP contribution in [-0.4, -0.2) is 39.6 Å². The van der Waals surface area contributed by atoms with Crippen molar-refractivity contribution in [1.82, 2.24) is 9.55 Å². The smallest absolute Gasteiger partial charge is 0.310 e. The number of aliphatic hydroxyl groups is 1. The Hall–Kier alpha value is -3.61. The summed E-state index contributed by atoms with van der Waals surface area (Å²) in [6, 6.07) is 15.2. The molecule has 4 rings (SSSR count). The summed E-state index contributed by atoms with van der Waals surface area (Å²) in [4.78, 5) is 18.1. The highest BCUT2D eigenvalue weighted by molar-refractivity contribution is 6.30. The first kappa shape index (κ1) is 19.7. The van der Waals surface area contributed by atoms with Crippen LogP contribution in [0.2, 0.25) is 0 Å². The number of aliphatic hydroxyl groups excluding tert-OH is 1. The van der Waals surface area contributed by atoms with Gasteiger partial charge in [0.2, 0.25) is 0 Å². The lowest BCUT2D eigenvalue weighted by Crippen LogP contribution is -2.26. The topological polar surface area (TPSA) is 91.4 Å². The number of imidazole rings is 1. The van der Waals surface area contributed by atoms with Crippen molar-refractivity contribution < 1.29 is 14.6 Å². The molecule has 1 aliphatic heterocycles. The van der Waals surface area contributed by atoms with Crippen LogP contribution < -0.4 is 4.90 Å². The van der Waals surface area contributed by atoms with Crippen molar-refractivity contribution in [1.29, 1.82) is 5.41 Å². The van der Waals surface area contributed by atoms with Crippen molar-refractivity contribution in [3.05, 3.63) is 65.7 Å². The Morgan fingerprint density at radius 3 is 2.60 bits per heavy atom. The quantitative estimate of drug-likeness (QED) is 0.608. The van der Waals surface area contributed by atoms with E-state index in [0.29, 0.717) is 24.5 Å². The van der Waals surface area contributed by atoms with Crippen molar-refractivity contribution in [3.8, 4) is 0 Å². The summed E-state index contributed by atoms with van der Waals surface area (Å²) in [5.74, 6) is 0.665. The van der Waals surface area contributed by atoms with Crippen molar-refractivity contribution in [2.45, 2.75) is 26.8 Å². The van der Waals surface area contributed by atoms with Gasteiger partial charge in [-0.3, -0.25) is 10.2 Å². The summed E-state index contributed by atoms with van der Waals surface area (Å²) >= 11 is 0. The van der Waals surface area contributed by atoms with E-state index in [2.05, 4.69) is 4.98 Å². The number of rotatable bonds is 6. The molecule has 0 atom stereocenters. The average molecular weight is 404 g/mol. The van der Waals surface area contributed by atoms with Crippen LogP contribution in [0.4, 0.5) is 5.69 Å². The summed E-state index contributed by atoms with van der Waals surface area (Å²) in [5, 5.41) is 19.4. The molecule has 1 aliphatic rings. The maximum Gasteiger partial charge on any atom is 0.310 e. The van der Waals surface area contributed by atoms with E-state index in [4.69, 9.17) is 10.1 Å². The van der Waals surface area contributed by atoms with Gasteiger partial charge in [-0.15, -0.1) is 0 Å². The van der Waals surface area contributed by atoms with Crippen molar-refractivity contribution in [2.24, 2.45) is 0 Å². The lowest BCUT2D eigenvalue weighted by atomic mass is 10.1. The van der Waals surface area contributed by atoms with E-state index in [1.54, 1.807) is 11.8 Å². The van der Waals surface area contributed by atoms with E-state index in [-0.39, 0.29) is 30.5 Å². The minimum Gasteiger partial charge on any atom is -0.509 e. The Bertz CT molecular complexity index is 1140.